The molecule has 9 rings (SSSR count). The number of hydrogen-bond acceptors (Lipinski definition) is 1. The molecule has 2 saturated carbocycles. The quantitative estimate of drug-likeness (QED) is 0.604. The zero-order valence-corrected chi connectivity index (χ0v) is 13.8. The molecule has 8 fully saturated rings. The minimum Gasteiger partial charge on any atom is -0.374 e. The third-order valence-corrected chi connectivity index (χ3v) is 9.38. The Labute approximate surface area is 135 Å². The molecule has 0 aromatic carbocycles. The molecule has 2 spiro atoms. The van der Waals surface area contributed by atoms with Crippen LogP contribution in [0.5, 0.6) is 0 Å². The Morgan fingerprint density at radius 2 is 1.36 bits per heavy atom. The summed E-state index contributed by atoms with van der Waals surface area (Å²) in [5.41, 5.74) is 5.48. The van der Waals surface area contributed by atoms with Crippen molar-refractivity contribution in [2.45, 2.75) is 64.0 Å². The van der Waals surface area contributed by atoms with Crippen LogP contribution in [0.4, 0.5) is 0 Å². The SMILES string of the molecule is C1B2CC3CC1CC1(CCC45CC6CC(CN(C6)C4=C21)C5)C3. The van der Waals surface area contributed by atoms with Crippen LogP contribution in [0.3, 0.4) is 0 Å². The van der Waals surface area contributed by atoms with E-state index < -0.39 is 0 Å². The molecule has 1 nitrogen and oxygen atoms in total. The Balaban J connectivity index is 1.47. The van der Waals surface area contributed by atoms with Crippen LogP contribution in [0, 0.1) is 34.5 Å². The van der Waals surface area contributed by atoms with Crippen molar-refractivity contribution < 1.29 is 0 Å². The molecule has 4 atom stereocenters. The van der Waals surface area contributed by atoms with Gasteiger partial charge in [-0.25, -0.2) is 0 Å². The van der Waals surface area contributed by atoms with Gasteiger partial charge in [-0.2, -0.15) is 0 Å². The first kappa shape index (κ1) is 12.0. The van der Waals surface area contributed by atoms with E-state index >= 15 is 0 Å². The summed E-state index contributed by atoms with van der Waals surface area (Å²) in [4.78, 5) is 2.96. The van der Waals surface area contributed by atoms with Crippen LogP contribution >= 0.6 is 0 Å². The normalized spacial score (nSPS) is 56.7. The van der Waals surface area contributed by atoms with Crippen molar-refractivity contribution in [1.29, 1.82) is 0 Å². The van der Waals surface area contributed by atoms with Gasteiger partial charge in [0.05, 0.1) is 0 Å². The van der Waals surface area contributed by atoms with Crippen molar-refractivity contribution in [3.8, 4) is 0 Å². The summed E-state index contributed by atoms with van der Waals surface area (Å²) >= 11 is 0. The van der Waals surface area contributed by atoms with Crippen LogP contribution in [0.25, 0.3) is 0 Å². The van der Waals surface area contributed by atoms with E-state index in [0.29, 0.717) is 10.8 Å². The molecule has 0 radical (unpaired) electrons. The highest BCUT2D eigenvalue weighted by Gasteiger charge is 2.63. The van der Waals surface area contributed by atoms with E-state index in [1.807, 2.05) is 5.70 Å². The molecule has 6 saturated heterocycles. The van der Waals surface area contributed by atoms with Gasteiger partial charge in [0, 0.05) is 24.2 Å². The highest BCUT2D eigenvalue weighted by Crippen LogP contribution is 2.71. The van der Waals surface area contributed by atoms with Gasteiger partial charge in [0.25, 0.3) is 0 Å². The number of nitrogens with zero attached hydrogens (tertiary/aromatic N) is 1. The van der Waals surface area contributed by atoms with Gasteiger partial charge in [-0.3, -0.25) is 0 Å². The maximum absolute atomic E-state index is 2.96. The predicted octanol–water partition coefficient (Wildman–Crippen LogP) is 4.23. The van der Waals surface area contributed by atoms with Crippen LogP contribution in [0.1, 0.15) is 51.4 Å². The van der Waals surface area contributed by atoms with E-state index in [9.17, 15) is 0 Å². The molecule has 0 aromatic heterocycles. The first-order valence-electron chi connectivity index (χ1n) is 10.2. The van der Waals surface area contributed by atoms with Crippen molar-refractivity contribution in [1.82, 2.24) is 4.90 Å². The van der Waals surface area contributed by atoms with E-state index in [0.717, 1.165) is 30.4 Å². The minimum atomic E-state index is 0.681. The molecule has 2 heteroatoms. The molecule has 8 bridgehead atoms. The summed E-state index contributed by atoms with van der Waals surface area (Å²) in [6.45, 7) is 3.90. The molecule has 0 amide bonds. The maximum atomic E-state index is 2.96. The van der Waals surface area contributed by atoms with Crippen LogP contribution in [-0.4, -0.2) is 24.7 Å². The van der Waals surface area contributed by atoms with E-state index in [1.165, 1.54) is 13.1 Å². The first-order valence-corrected chi connectivity index (χ1v) is 10.2. The molecule has 6 aliphatic heterocycles. The molecule has 0 N–H and O–H groups in total. The van der Waals surface area contributed by atoms with Crippen molar-refractivity contribution in [3.63, 3.8) is 0 Å². The number of rotatable bonds is 0. The topological polar surface area (TPSA) is 3.24 Å². The molecule has 0 aromatic rings. The zero-order valence-electron chi connectivity index (χ0n) is 13.8. The fourth-order valence-corrected chi connectivity index (χ4v) is 9.53. The van der Waals surface area contributed by atoms with Crippen molar-refractivity contribution in [3.05, 3.63) is 11.2 Å². The van der Waals surface area contributed by atoms with Crippen molar-refractivity contribution >= 4 is 6.71 Å². The highest BCUT2D eigenvalue weighted by molar-refractivity contribution is 6.68. The lowest BCUT2D eigenvalue weighted by atomic mass is 9.20. The van der Waals surface area contributed by atoms with E-state index in [-0.39, 0.29) is 0 Å². The number of hydrogen-bond donors (Lipinski definition) is 0. The molecule has 6 heterocycles. The molecule has 4 unspecified atom stereocenters. The summed E-state index contributed by atoms with van der Waals surface area (Å²) in [6.07, 6.45) is 15.8. The molecule has 3 aliphatic carbocycles. The smallest absolute Gasteiger partial charge is 0.174 e. The largest absolute Gasteiger partial charge is 0.374 e. The lowest BCUT2D eigenvalue weighted by Crippen LogP contribution is -2.63. The van der Waals surface area contributed by atoms with E-state index in [1.54, 1.807) is 64.0 Å². The Hall–Kier alpha value is -0.395. The lowest BCUT2D eigenvalue weighted by molar-refractivity contribution is -0.0656. The summed E-state index contributed by atoms with van der Waals surface area (Å²) in [5, 5.41) is 0. The summed E-state index contributed by atoms with van der Waals surface area (Å²) in [6, 6.07) is 0. The second-order valence-corrected chi connectivity index (χ2v) is 10.6. The van der Waals surface area contributed by atoms with Crippen molar-refractivity contribution in [2.75, 3.05) is 13.1 Å². The Bertz CT molecular complexity index is 527. The van der Waals surface area contributed by atoms with Gasteiger partial charge in [-0.15, -0.1) is 0 Å². The third-order valence-electron chi connectivity index (χ3n) is 9.38. The second kappa shape index (κ2) is 3.49. The Morgan fingerprint density at radius 3 is 2.09 bits per heavy atom. The molecular weight excluding hydrogens is 265 g/mol. The van der Waals surface area contributed by atoms with Gasteiger partial charge < -0.3 is 4.90 Å². The van der Waals surface area contributed by atoms with Crippen LogP contribution in [0.2, 0.25) is 12.6 Å². The summed E-state index contributed by atoms with van der Waals surface area (Å²) in [7, 11) is 0. The van der Waals surface area contributed by atoms with Crippen LogP contribution < -0.4 is 0 Å². The van der Waals surface area contributed by atoms with Gasteiger partial charge in [0.1, 0.15) is 0 Å². The summed E-state index contributed by atoms with van der Waals surface area (Å²) in [5.74, 6) is 4.34. The highest BCUT2D eigenvalue weighted by atomic mass is 15.2. The standard InChI is InChI=1S/C20H28BN/c1-2-20-7-15-4-16(8-20)12-22(11-15)18(20)17-19(1)5-13-3-14(6-19)10-21(17)9-13/h13-16H,1-12H2. The number of piperidine rings is 3. The average Bonchev–Trinajstić information content (AvgIpc) is 2.46. The summed E-state index contributed by atoms with van der Waals surface area (Å²) < 4.78 is 0. The van der Waals surface area contributed by atoms with Gasteiger partial charge in [0.15, 0.2) is 6.71 Å². The maximum Gasteiger partial charge on any atom is 0.174 e. The number of allylic oxidation sites excluding steroid dienone is 2. The fraction of sp³-hybridized carbons (Fsp3) is 0.900. The van der Waals surface area contributed by atoms with Gasteiger partial charge in [-0.05, 0) is 80.5 Å². The van der Waals surface area contributed by atoms with Gasteiger partial charge in [-0.1, -0.05) is 18.1 Å². The Morgan fingerprint density at radius 1 is 0.773 bits per heavy atom. The van der Waals surface area contributed by atoms with Crippen molar-refractivity contribution in [2.24, 2.45) is 34.5 Å². The fourth-order valence-electron chi connectivity index (χ4n) is 9.53. The first-order chi connectivity index (χ1) is 10.7. The van der Waals surface area contributed by atoms with E-state index in [2.05, 4.69) is 10.4 Å². The van der Waals surface area contributed by atoms with Gasteiger partial charge >= 0.3 is 0 Å². The molecule has 116 valence electrons. The average molecular weight is 293 g/mol. The van der Waals surface area contributed by atoms with Crippen LogP contribution in [-0.2, 0) is 0 Å². The van der Waals surface area contributed by atoms with Crippen LogP contribution in [0.15, 0.2) is 11.2 Å². The second-order valence-electron chi connectivity index (χ2n) is 10.6. The zero-order chi connectivity index (χ0) is 14.1. The van der Waals surface area contributed by atoms with Gasteiger partial charge in [0.2, 0.25) is 0 Å². The monoisotopic (exact) mass is 293 g/mol. The lowest BCUT2D eigenvalue weighted by Gasteiger charge is -2.69. The molecule has 22 heavy (non-hydrogen) atoms. The predicted molar refractivity (Wildman–Crippen MR) is 89.7 cm³/mol. The van der Waals surface area contributed by atoms with E-state index in [4.69, 9.17) is 0 Å². The Kier molecular flexibility index (Phi) is 1.91. The minimum absolute atomic E-state index is 0.681. The molecule has 9 aliphatic rings. The molecular formula is C20H28BN. The third kappa shape index (κ3) is 1.22.